The molecule has 0 atom stereocenters. The van der Waals surface area contributed by atoms with E-state index in [4.69, 9.17) is 11.6 Å². The van der Waals surface area contributed by atoms with Crippen LogP contribution in [0.15, 0.2) is 53.4 Å². The van der Waals surface area contributed by atoms with Gasteiger partial charge in [0.25, 0.3) is 10.0 Å². The molecule has 154 valence electrons. The Kier molecular flexibility index (Phi) is 6.44. The third kappa shape index (κ3) is 4.54. The fourth-order valence-corrected chi connectivity index (χ4v) is 4.85. The molecule has 1 heterocycles. The van der Waals surface area contributed by atoms with Gasteiger partial charge < -0.3 is 9.80 Å². The highest BCUT2D eigenvalue weighted by Crippen LogP contribution is 2.31. The lowest BCUT2D eigenvalue weighted by Crippen LogP contribution is -2.51. The number of carbonyl (C=O) groups excluding carboxylic acids is 2. The van der Waals surface area contributed by atoms with Gasteiger partial charge in [-0.2, -0.15) is 0 Å². The summed E-state index contributed by atoms with van der Waals surface area (Å²) in [5.41, 5.74) is 0.938. The van der Waals surface area contributed by atoms with Crippen LogP contribution in [0.2, 0.25) is 5.02 Å². The topological polar surface area (TPSA) is 78.0 Å². The second kappa shape index (κ2) is 8.84. The summed E-state index contributed by atoms with van der Waals surface area (Å²) in [6, 6.07) is 13.0. The van der Waals surface area contributed by atoms with Crippen LogP contribution >= 0.6 is 11.6 Å². The number of anilines is 1. The van der Waals surface area contributed by atoms with Crippen molar-refractivity contribution >= 4 is 39.6 Å². The smallest absolute Gasteiger partial charge is 0.264 e. The largest absolute Gasteiger partial charge is 0.342 e. The average molecular weight is 436 g/mol. The van der Waals surface area contributed by atoms with E-state index in [1.807, 2.05) is 0 Å². The monoisotopic (exact) mass is 435 g/mol. The van der Waals surface area contributed by atoms with Crippen molar-refractivity contribution in [1.82, 2.24) is 9.80 Å². The summed E-state index contributed by atoms with van der Waals surface area (Å²) < 4.78 is 27.9. The highest BCUT2D eigenvalue weighted by atomic mass is 35.5. The van der Waals surface area contributed by atoms with Gasteiger partial charge in [-0.1, -0.05) is 35.9 Å². The van der Waals surface area contributed by atoms with Crippen molar-refractivity contribution in [2.75, 3.05) is 37.0 Å². The van der Waals surface area contributed by atoms with E-state index in [9.17, 15) is 18.0 Å². The lowest BCUT2D eigenvalue weighted by Gasteiger charge is -2.34. The summed E-state index contributed by atoms with van der Waals surface area (Å²) in [7, 11) is -3.98. The van der Waals surface area contributed by atoms with Crippen LogP contribution in [0.25, 0.3) is 0 Å². The van der Waals surface area contributed by atoms with Gasteiger partial charge in [0.15, 0.2) is 0 Å². The highest BCUT2D eigenvalue weighted by molar-refractivity contribution is 7.92. The Morgan fingerprint density at radius 2 is 1.72 bits per heavy atom. The first-order valence-electron chi connectivity index (χ1n) is 9.14. The minimum Gasteiger partial charge on any atom is -0.342 e. The second-order valence-corrected chi connectivity index (χ2v) is 9.00. The Hall–Kier alpha value is -2.58. The van der Waals surface area contributed by atoms with Crippen LogP contribution in [-0.4, -0.2) is 63.3 Å². The zero-order chi connectivity index (χ0) is 21.0. The Morgan fingerprint density at radius 1 is 1.07 bits per heavy atom. The number of amides is 2. The average Bonchev–Trinajstić information content (AvgIpc) is 2.74. The second-order valence-electron chi connectivity index (χ2n) is 6.73. The molecule has 3 rings (SSSR count). The number of benzene rings is 2. The van der Waals surface area contributed by atoms with Gasteiger partial charge in [0.2, 0.25) is 12.3 Å². The van der Waals surface area contributed by atoms with Crippen LogP contribution < -0.4 is 4.31 Å². The predicted octanol–water partition coefficient (Wildman–Crippen LogP) is 2.14. The van der Waals surface area contributed by atoms with E-state index in [1.54, 1.807) is 53.1 Å². The molecule has 29 heavy (non-hydrogen) atoms. The quantitative estimate of drug-likeness (QED) is 0.651. The standard InChI is InChI=1S/C20H22ClN3O4S/c1-16-18(21)8-5-9-19(16)24(29(27,28)17-6-3-2-4-7-17)14-20(26)23-12-10-22(15-25)11-13-23/h2-9,15H,10-14H2,1H3. The van der Waals surface area contributed by atoms with E-state index < -0.39 is 10.0 Å². The van der Waals surface area contributed by atoms with Gasteiger partial charge in [-0.05, 0) is 36.8 Å². The summed E-state index contributed by atoms with van der Waals surface area (Å²) in [5.74, 6) is -0.325. The minimum atomic E-state index is -3.98. The molecule has 2 amide bonds. The Morgan fingerprint density at radius 3 is 2.34 bits per heavy atom. The number of halogens is 1. The first-order valence-corrected chi connectivity index (χ1v) is 11.0. The maximum Gasteiger partial charge on any atom is 0.264 e. The van der Waals surface area contributed by atoms with E-state index in [2.05, 4.69) is 0 Å². The Bertz CT molecular complexity index is 990. The van der Waals surface area contributed by atoms with E-state index in [-0.39, 0.29) is 17.3 Å². The van der Waals surface area contributed by atoms with Gasteiger partial charge in [0.1, 0.15) is 6.54 Å². The molecule has 0 aliphatic carbocycles. The molecule has 1 aliphatic heterocycles. The molecule has 7 nitrogen and oxygen atoms in total. The van der Waals surface area contributed by atoms with Gasteiger partial charge in [0.05, 0.1) is 10.6 Å². The molecule has 1 saturated heterocycles. The molecular formula is C20H22ClN3O4S. The van der Waals surface area contributed by atoms with Crippen molar-refractivity contribution in [3.8, 4) is 0 Å². The SMILES string of the molecule is Cc1c(Cl)cccc1N(CC(=O)N1CCN(C=O)CC1)S(=O)(=O)c1ccccc1. The van der Waals surface area contributed by atoms with Crippen LogP contribution in [0.1, 0.15) is 5.56 Å². The van der Waals surface area contributed by atoms with E-state index in [1.165, 1.54) is 12.1 Å². The van der Waals surface area contributed by atoms with Gasteiger partial charge >= 0.3 is 0 Å². The summed E-state index contributed by atoms with van der Waals surface area (Å²) in [4.78, 5) is 27.1. The molecule has 0 radical (unpaired) electrons. The number of piperazine rings is 1. The molecule has 0 aromatic heterocycles. The molecule has 0 spiro atoms. The van der Waals surface area contributed by atoms with Crippen molar-refractivity contribution in [2.24, 2.45) is 0 Å². The third-order valence-corrected chi connectivity index (χ3v) is 7.12. The number of nitrogens with zero attached hydrogens (tertiary/aromatic N) is 3. The number of rotatable bonds is 6. The van der Waals surface area contributed by atoms with Crippen molar-refractivity contribution in [3.05, 3.63) is 59.1 Å². The maximum atomic E-state index is 13.4. The van der Waals surface area contributed by atoms with Gasteiger partial charge in [-0.15, -0.1) is 0 Å². The first-order chi connectivity index (χ1) is 13.8. The van der Waals surface area contributed by atoms with E-state index in [0.29, 0.717) is 42.5 Å². The summed E-state index contributed by atoms with van der Waals surface area (Å²) in [6.07, 6.45) is 0.753. The summed E-state index contributed by atoms with van der Waals surface area (Å²) in [6.45, 7) is 2.96. The van der Waals surface area contributed by atoms with Gasteiger partial charge in [-0.3, -0.25) is 13.9 Å². The van der Waals surface area contributed by atoms with Crippen LogP contribution in [0, 0.1) is 6.92 Å². The first kappa shape index (κ1) is 21.1. The zero-order valence-electron chi connectivity index (χ0n) is 16.0. The lowest BCUT2D eigenvalue weighted by molar-refractivity contribution is -0.133. The molecule has 0 saturated carbocycles. The van der Waals surface area contributed by atoms with Crippen LogP contribution in [0.4, 0.5) is 5.69 Å². The fourth-order valence-electron chi connectivity index (χ4n) is 3.19. The minimum absolute atomic E-state index is 0.0953. The molecule has 1 fully saturated rings. The molecule has 1 aliphatic rings. The van der Waals surface area contributed by atoms with Crippen molar-refractivity contribution < 1.29 is 18.0 Å². The van der Waals surface area contributed by atoms with E-state index >= 15 is 0 Å². The Balaban J connectivity index is 1.95. The lowest BCUT2D eigenvalue weighted by atomic mass is 10.2. The third-order valence-electron chi connectivity index (χ3n) is 4.93. The number of sulfonamides is 1. The molecule has 2 aromatic carbocycles. The van der Waals surface area contributed by atoms with Crippen molar-refractivity contribution in [1.29, 1.82) is 0 Å². The number of carbonyl (C=O) groups is 2. The summed E-state index contributed by atoms with van der Waals surface area (Å²) >= 11 is 6.22. The molecule has 0 unspecified atom stereocenters. The predicted molar refractivity (Wildman–Crippen MR) is 111 cm³/mol. The molecule has 9 heteroatoms. The van der Waals surface area contributed by atoms with Gasteiger partial charge in [0, 0.05) is 31.2 Å². The number of hydrogen-bond acceptors (Lipinski definition) is 4. The van der Waals surface area contributed by atoms with Gasteiger partial charge in [-0.25, -0.2) is 8.42 Å². The highest BCUT2D eigenvalue weighted by Gasteiger charge is 2.31. The molecule has 0 bridgehead atoms. The molecule has 0 N–H and O–H groups in total. The van der Waals surface area contributed by atoms with E-state index in [0.717, 1.165) is 10.7 Å². The fraction of sp³-hybridized carbons (Fsp3) is 0.300. The zero-order valence-corrected chi connectivity index (χ0v) is 17.6. The number of hydrogen-bond donors (Lipinski definition) is 0. The van der Waals surface area contributed by atoms with Crippen LogP contribution in [-0.2, 0) is 19.6 Å². The normalized spacial score (nSPS) is 14.6. The maximum absolute atomic E-state index is 13.4. The van der Waals surface area contributed by atoms with Crippen LogP contribution in [0.5, 0.6) is 0 Å². The van der Waals surface area contributed by atoms with Crippen molar-refractivity contribution in [2.45, 2.75) is 11.8 Å². The summed E-state index contributed by atoms with van der Waals surface area (Å²) in [5, 5.41) is 0.419. The molecule has 2 aromatic rings. The van der Waals surface area contributed by atoms with Crippen molar-refractivity contribution in [3.63, 3.8) is 0 Å². The van der Waals surface area contributed by atoms with Crippen LogP contribution in [0.3, 0.4) is 0 Å². The molecular weight excluding hydrogens is 414 g/mol. The Labute approximate surface area is 175 Å².